The zero-order chi connectivity index (χ0) is 13.1. The minimum atomic E-state index is -0.494. The molecule has 18 heavy (non-hydrogen) atoms. The third-order valence-electron chi connectivity index (χ3n) is 2.12. The Kier molecular flexibility index (Phi) is 4.21. The third-order valence-corrected chi connectivity index (χ3v) is 4.08. The Morgan fingerprint density at radius 1 is 1.44 bits per heavy atom. The van der Waals surface area contributed by atoms with Crippen molar-refractivity contribution in [2.75, 3.05) is 0 Å². The highest BCUT2D eigenvalue weighted by atomic mass is 79.9. The van der Waals surface area contributed by atoms with E-state index in [1.165, 1.54) is 18.2 Å². The molecule has 0 fully saturated rings. The van der Waals surface area contributed by atoms with Crippen LogP contribution in [0.3, 0.4) is 0 Å². The van der Waals surface area contributed by atoms with Gasteiger partial charge in [0.05, 0.1) is 9.95 Å². The van der Waals surface area contributed by atoms with Gasteiger partial charge in [-0.3, -0.25) is 10.1 Å². The van der Waals surface area contributed by atoms with Gasteiger partial charge in [-0.1, -0.05) is 11.6 Å². The Labute approximate surface area is 120 Å². The summed E-state index contributed by atoms with van der Waals surface area (Å²) in [7, 11) is 0. The first-order chi connectivity index (χ1) is 8.56. The maximum atomic E-state index is 10.5. The van der Waals surface area contributed by atoms with Gasteiger partial charge >= 0.3 is 0 Å². The number of rotatable bonds is 4. The molecule has 0 atom stereocenters. The van der Waals surface area contributed by atoms with Gasteiger partial charge in [-0.25, -0.2) is 0 Å². The van der Waals surface area contributed by atoms with E-state index in [0.29, 0.717) is 12.4 Å². The van der Waals surface area contributed by atoms with Crippen LogP contribution in [-0.4, -0.2) is 4.92 Å². The summed E-state index contributed by atoms with van der Waals surface area (Å²) in [5, 5.41) is 12.7. The summed E-state index contributed by atoms with van der Waals surface area (Å²) in [4.78, 5) is 11.1. The topological polar surface area (TPSA) is 52.4 Å². The number of nitrogens with zero attached hydrogens (tertiary/aromatic N) is 1. The van der Waals surface area contributed by atoms with Crippen molar-refractivity contribution in [3.63, 3.8) is 0 Å². The van der Waals surface area contributed by atoms with E-state index in [9.17, 15) is 10.1 Å². The molecule has 0 saturated carbocycles. The van der Waals surface area contributed by atoms with Crippen LogP contribution in [0.4, 0.5) is 5.69 Å². The van der Waals surface area contributed by atoms with Gasteiger partial charge in [-0.2, -0.15) is 0 Å². The van der Waals surface area contributed by atoms with Gasteiger partial charge in [0, 0.05) is 26.9 Å². The molecule has 1 heterocycles. The molecule has 0 saturated heterocycles. The van der Waals surface area contributed by atoms with E-state index in [-0.39, 0.29) is 10.7 Å². The van der Waals surface area contributed by atoms with Crippen LogP contribution in [0.25, 0.3) is 0 Å². The van der Waals surface area contributed by atoms with Crippen LogP contribution in [0.1, 0.15) is 4.88 Å². The van der Waals surface area contributed by atoms with Crippen molar-refractivity contribution in [3.05, 3.63) is 54.1 Å². The van der Waals surface area contributed by atoms with E-state index >= 15 is 0 Å². The smallest absolute Gasteiger partial charge is 0.271 e. The normalized spacial score (nSPS) is 10.3. The van der Waals surface area contributed by atoms with E-state index in [0.717, 1.165) is 9.35 Å². The molecule has 2 aromatic rings. The van der Waals surface area contributed by atoms with Crippen LogP contribution in [0, 0.1) is 10.1 Å². The van der Waals surface area contributed by atoms with Gasteiger partial charge in [0.15, 0.2) is 0 Å². The van der Waals surface area contributed by atoms with Gasteiger partial charge in [-0.15, -0.1) is 11.3 Å². The lowest BCUT2D eigenvalue weighted by Crippen LogP contribution is -1.94. The molecule has 0 aliphatic rings. The Morgan fingerprint density at radius 3 is 2.78 bits per heavy atom. The van der Waals surface area contributed by atoms with E-state index in [4.69, 9.17) is 16.3 Å². The van der Waals surface area contributed by atoms with E-state index in [1.54, 1.807) is 11.3 Å². The van der Waals surface area contributed by atoms with Crippen LogP contribution >= 0.6 is 38.9 Å². The number of ether oxygens (including phenoxy) is 1. The van der Waals surface area contributed by atoms with Crippen molar-refractivity contribution < 1.29 is 9.66 Å². The molecule has 1 aromatic heterocycles. The van der Waals surface area contributed by atoms with E-state index < -0.39 is 4.92 Å². The molecule has 0 unspecified atom stereocenters. The summed E-state index contributed by atoms with van der Waals surface area (Å²) in [5.41, 5.74) is -0.0498. The number of non-ortho nitro benzene ring substituents is 1. The van der Waals surface area contributed by atoms with Crippen molar-refractivity contribution in [2.45, 2.75) is 6.61 Å². The standard InChI is InChI=1S/C11H7BrClNO3S/c12-7-3-9(18-6-7)5-17-11-2-1-8(14(15)16)4-10(11)13/h1-4,6H,5H2. The van der Waals surface area contributed by atoms with Crippen molar-refractivity contribution >= 4 is 44.6 Å². The predicted molar refractivity (Wildman–Crippen MR) is 74.5 cm³/mol. The van der Waals surface area contributed by atoms with Crippen molar-refractivity contribution in [3.8, 4) is 5.75 Å². The van der Waals surface area contributed by atoms with Gasteiger partial charge in [0.2, 0.25) is 0 Å². The SMILES string of the molecule is O=[N+]([O-])c1ccc(OCc2cc(Br)cs2)c(Cl)c1. The van der Waals surface area contributed by atoms with E-state index in [1.807, 2.05) is 11.4 Å². The van der Waals surface area contributed by atoms with Crippen molar-refractivity contribution in [2.24, 2.45) is 0 Å². The zero-order valence-electron chi connectivity index (χ0n) is 8.93. The Balaban J connectivity index is 2.08. The number of nitro benzene ring substituents is 1. The molecule has 0 aliphatic heterocycles. The maximum Gasteiger partial charge on any atom is 0.271 e. The molecule has 4 nitrogen and oxygen atoms in total. The lowest BCUT2D eigenvalue weighted by molar-refractivity contribution is -0.384. The molecule has 7 heteroatoms. The van der Waals surface area contributed by atoms with E-state index in [2.05, 4.69) is 15.9 Å². The Bertz CT molecular complexity index is 587. The summed E-state index contributed by atoms with van der Waals surface area (Å²) in [6.07, 6.45) is 0. The van der Waals surface area contributed by atoms with Gasteiger partial charge in [0.25, 0.3) is 5.69 Å². The second-order valence-electron chi connectivity index (χ2n) is 3.39. The summed E-state index contributed by atoms with van der Waals surface area (Å²) >= 11 is 10.8. The molecule has 0 N–H and O–H groups in total. The molecular formula is C11H7BrClNO3S. The summed E-state index contributed by atoms with van der Waals surface area (Å²) < 4.78 is 6.51. The largest absolute Gasteiger partial charge is 0.487 e. The van der Waals surface area contributed by atoms with Crippen molar-refractivity contribution in [1.29, 1.82) is 0 Å². The average molecular weight is 349 g/mol. The van der Waals surface area contributed by atoms with Crippen LogP contribution < -0.4 is 4.74 Å². The zero-order valence-corrected chi connectivity index (χ0v) is 12.1. The number of nitro groups is 1. The fourth-order valence-electron chi connectivity index (χ4n) is 1.30. The number of thiophene rings is 1. The molecule has 0 aliphatic carbocycles. The molecule has 0 spiro atoms. The monoisotopic (exact) mass is 347 g/mol. The fourth-order valence-corrected chi connectivity index (χ4v) is 2.89. The summed E-state index contributed by atoms with van der Waals surface area (Å²) in [5.74, 6) is 0.437. The lowest BCUT2D eigenvalue weighted by atomic mass is 10.3. The molecule has 0 radical (unpaired) electrons. The maximum absolute atomic E-state index is 10.5. The number of hydrogen-bond acceptors (Lipinski definition) is 4. The lowest BCUT2D eigenvalue weighted by Gasteiger charge is -2.06. The van der Waals surface area contributed by atoms with Gasteiger partial charge in [0.1, 0.15) is 12.4 Å². The molecule has 1 aromatic carbocycles. The second-order valence-corrected chi connectivity index (χ2v) is 5.71. The summed E-state index contributed by atoms with van der Waals surface area (Å²) in [6.45, 7) is 0.383. The third kappa shape index (κ3) is 3.22. The molecular weight excluding hydrogens is 342 g/mol. The molecule has 0 amide bonds. The minimum absolute atomic E-state index is 0.0498. The number of hydrogen-bond donors (Lipinski definition) is 0. The fraction of sp³-hybridized carbons (Fsp3) is 0.0909. The first kappa shape index (κ1) is 13.3. The van der Waals surface area contributed by atoms with Gasteiger partial charge < -0.3 is 4.74 Å². The highest BCUT2D eigenvalue weighted by Crippen LogP contribution is 2.30. The Hall–Kier alpha value is -1.11. The number of halogens is 2. The molecule has 94 valence electrons. The first-order valence-corrected chi connectivity index (χ1v) is 6.91. The van der Waals surface area contributed by atoms with Crippen LogP contribution in [0.2, 0.25) is 5.02 Å². The number of benzene rings is 1. The molecule has 0 bridgehead atoms. The van der Waals surface area contributed by atoms with Crippen LogP contribution in [-0.2, 0) is 6.61 Å². The van der Waals surface area contributed by atoms with Crippen LogP contribution in [0.5, 0.6) is 5.75 Å². The Morgan fingerprint density at radius 2 is 2.22 bits per heavy atom. The van der Waals surface area contributed by atoms with Crippen molar-refractivity contribution in [1.82, 2.24) is 0 Å². The first-order valence-electron chi connectivity index (χ1n) is 4.86. The van der Waals surface area contributed by atoms with Crippen LogP contribution in [0.15, 0.2) is 34.1 Å². The highest BCUT2D eigenvalue weighted by molar-refractivity contribution is 9.10. The average Bonchev–Trinajstić information content (AvgIpc) is 2.73. The second kappa shape index (κ2) is 5.69. The highest BCUT2D eigenvalue weighted by Gasteiger charge is 2.10. The minimum Gasteiger partial charge on any atom is -0.487 e. The predicted octanol–water partition coefficient (Wildman–Crippen LogP) is 4.65. The van der Waals surface area contributed by atoms with Gasteiger partial charge in [-0.05, 0) is 28.1 Å². The molecule has 2 rings (SSSR count). The quantitative estimate of drug-likeness (QED) is 0.597. The summed E-state index contributed by atoms with van der Waals surface area (Å²) in [6, 6.07) is 6.10.